The summed E-state index contributed by atoms with van der Waals surface area (Å²) in [4.78, 5) is 15.1. The zero-order valence-corrected chi connectivity index (χ0v) is 9.49. The molecule has 0 aliphatic heterocycles. The van der Waals surface area contributed by atoms with Crippen LogP contribution in [0.5, 0.6) is 0 Å². The van der Waals surface area contributed by atoms with E-state index in [0.717, 1.165) is 10.9 Å². The first kappa shape index (κ1) is 9.98. The number of hydrogen-bond acceptors (Lipinski definition) is 4. The number of benzene rings is 1. The van der Waals surface area contributed by atoms with Gasteiger partial charge in [-0.15, -0.1) is 10.2 Å². The molecule has 17 heavy (non-hydrogen) atoms. The number of aromatic nitrogens is 3. The number of H-pyrrole nitrogens is 1. The Hall–Kier alpha value is -2.21. The minimum Gasteiger partial charge on any atom is -0.360 e. The molecule has 0 saturated carbocycles. The third kappa shape index (κ3) is 1.78. The van der Waals surface area contributed by atoms with Crippen molar-refractivity contribution in [1.82, 2.24) is 15.2 Å². The Morgan fingerprint density at radius 2 is 2.24 bits per heavy atom. The Labute approximate surface area is 101 Å². The summed E-state index contributed by atoms with van der Waals surface area (Å²) in [6.07, 6.45) is 1.70. The number of carbonyl (C=O) groups is 1. The molecule has 1 aromatic carbocycles. The molecule has 2 N–H and O–H groups in total. The van der Waals surface area contributed by atoms with E-state index in [4.69, 9.17) is 0 Å². The van der Waals surface area contributed by atoms with Crippen LogP contribution in [-0.4, -0.2) is 21.1 Å². The maximum absolute atomic E-state index is 12.0. The van der Waals surface area contributed by atoms with Gasteiger partial charge in [0.05, 0.1) is 5.56 Å². The van der Waals surface area contributed by atoms with E-state index in [9.17, 15) is 4.79 Å². The van der Waals surface area contributed by atoms with E-state index in [1.807, 2.05) is 24.3 Å². The number of nitrogens with zero attached hydrogens (tertiary/aromatic N) is 2. The molecule has 1 amide bonds. The van der Waals surface area contributed by atoms with Crippen molar-refractivity contribution in [2.45, 2.75) is 0 Å². The van der Waals surface area contributed by atoms with E-state index in [1.165, 1.54) is 11.3 Å². The third-order valence-electron chi connectivity index (χ3n) is 2.41. The summed E-state index contributed by atoms with van der Waals surface area (Å²) in [5.41, 5.74) is 3.12. The first-order valence-electron chi connectivity index (χ1n) is 4.98. The summed E-state index contributed by atoms with van der Waals surface area (Å²) in [6, 6.07) is 7.65. The van der Waals surface area contributed by atoms with Crippen LogP contribution in [0.25, 0.3) is 10.9 Å². The van der Waals surface area contributed by atoms with Gasteiger partial charge in [-0.2, -0.15) is 0 Å². The maximum atomic E-state index is 12.0. The molecule has 0 bridgehead atoms. The fraction of sp³-hybridized carbons (Fsp3) is 0. The molecule has 2 heterocycles. The van der Waals surface area contributed by atoms with E-state index in [2.05, 4.69) is 20.5 Å². The van der Waals surface area contributed by atoms with Crippen LogP contribution in [0.3, 0.4) is 0 Å². The molecular weight excluding hydrogens is 236 g/mol. The summed E-state index contributed by atoms with van der Waals surface area (Å²) in [5.74, 6) is -0.181. The number of aromatic amines is 1. The van der Waals surface area contributed by atoms with Crippen LogP contribution >= 0.6 is 11.3 Å². The minimum absolute atomic E-state index is 0.181. The molecule has 6 heteroatoms. The van der Waals surface area contributed by atoms with Crippen LogP contribution in [0, 0.1) is 0 Å². The monoisotopic (exact) mass is 244 g/mol. The van der Waals surface area contributed by atoms with E-state index in [1.54, 1.807) is 11.7 Å². The smallest absolute Gasteiger partial charge is 0.259 e. The molecule has 0 aliphatic carbocycles. The van der Waals surface area contributed by atoms with Gasteiger partial charge < -0.3 is 4.98 Å². The molecule has 0 saturated heterocycles. The summed E-state index contributed by atoms with van der Waals surface area (Å²) in [6.45, 7) is 0. The first-order chi connectivity index (χ1) is 8.34. The van der Waals surface area contributed by atoms with Crippen molar-refractivity contribution in [2.75, 3.05) is 5.32 Å². The SMILES string of the molecule is O=C(Nc1nncs1)c1c[nH]c2ccccc12. The lowest BCUT2D eigenvalue weighted by Crippen LogP contribution is -2.11. The van der Waals surface area contributed by atoms with E-state index in [0.29, 0.717) is 10.7 Å². The predicted molar refractivity (Wildman–Crippen MR) is 66.2 cm³/mol. The summed E-state index contributed by atoms with van der Waals surface area (Å²) in [5, 5.41) is 11.5. The number of anilines is 1. The maximum Gasteiger partial charge on any atom is 0.259 e. The highest BCUT2D eigenvalue weighted by Crippen LogP contribution is 2.19. The fourth-order valence-electron chi connectivity index (χ4n) is 1.65. The van der Waals surface area contributed by atoms with Gasteiger partial charge in [0.2, 0.25) is 5.13 Å². The Morgan fingerprint density at radius 1 is 1.35 bits per heavy atom. The molecular formula is C11H8N4OS. The molecule has 0 spiro atoms. The lowest BCUT2D eigenvalue weighted by molar-refractivity contribution is 0.102. The van der Waals surface area contributed by atoms with E-state index >= 15 is 0 Å². The van der Waals surface area contributed by atoms with Crippen LogP contribution in [0.1, 0.15) is 10.4 Å². The van der Waals surface area contributed by atoms with Gasteiger partial charge in [0.15, 0.2) is 0 Å². The summed E-state index contributed by atoms with van der Waals surface area (Å²) >= 11 is 1.29. The van der Waals surface area contributed by atoms with Crippen LogP contribution < -0.4 is 5.32 Å². The molecule has 2 aromatic heterocycles. The highest BCUT2D eigenvalue weighted by molar-refractivity contribution is 7.13. The predicted octanol–water partition coefficient (Wildman–Crippen LogP) is 2.27. The van der Waals surface area contributed by atoms with Gasteiger partial charge in [-0.3, -0.25) is 10.1 Å². The van der Waals surface area contributed by atoms with Crippen molar-refractivity contribution in [1.29, 1.82) is 0 Å². The average molecular weight is 244 g/mol. The van der Waals surface area contributed by atoms with Gasteiger partial charge in [0, 0.05) is 17.1 Å². The van der Waals surface area contributed by atoms with E-state index in [-0.39, 0.29) is 5.91 Å². The van der Waals surface area contributed by atoms with Gasteiger partial charge >= 0.3 is 0 Å². The molecule has 0 fully saturated rings. The number of para-hydroxylation sites is 1. The zero-order chi connectivity index (χ0) is 11.7. The topological polar surface area (TPSA) is 70.7 Å². The standard InChI is InChI=1S/C11H8N4OS/c16-10(14-11-15-13-6-17-11)8-5-12-9-4-2-1-3-7(8)9/h1-6,12H,(H,14,15,16). The number of rotatable bonds is 2. The number of nitrogens with one attached hydrogen (secondary N) is 2. The number of amides is 1. The number of fused-ring (bicyclic) bond motifs is 1. The van der Waals surface area contributed by atoms with Gasteiger partial charge in [-0.1, -0.05) is 29.5 Å². The van der Waals surface area contributed by atoms with Crippen molar-refractivity contribution in [2.24, 2.45) is 0 Å². The highest BCUT2D eigenvalue weighted by atomic mass is 32.1. The summed E-state index contributed by atoms with van der Waals surface area (Å²) < 4.78 is 0. The second kappa shape index (κ2) is 3.99. The fourth-order valence-corrected chi connectivity index (χ4v) is 2.09. The van der Waals surface area contributed by atoms with E-state index < -0.39 is 0 Å². The zero-order valence-electron chi connectivity index (χ0n) is 8.68. The Balaban J connectivity index is 1.96. The van der Waals surface area contributed by atoms with Crippen molar-refractivity contribution < 1.29 is 4.79 Å². The Kier molecular flexibility index (Phi) is 2.34. The largest absolute Gasteiger partial charge is 0.360 e. The van der Waals surface area contributed by atoms with Crippen molar-refractivity contribution in [3.05, 3.63) is 41.5 Å². The minimum atomic E-state index is -0.181. The van der Waals surface area contributed by atoms with Crippen LogP contribution in [0.4, 0.5) is 5.13 Å². The normalized spacial score (nSPS) is 10.6. The Morgan fingerprint density at radius 3 is 3.06 bits per heavy atom. The molecule has 3 rings (SSSR count). The van der Waals surface area contributed by atoms with Crippen LogP contribution in [0.2, 0.25) is 0 Å². The number of hydrogen-bond donors (Lipinski definition) is 2. The van der Waals surface area contributed by atoms with Crippen molar-refractivity contribution >= 4 is 33.3 Å². The second-order valence-electron chi connectivity index (χ2n) is 3.45. The molecule has 0 aliphatic rings. The van der Waals surface area contributed by atoms with Crippen LogP contribution in [-0.2, 0) is 0 Å². The van der Waals surface area contributed by atoms with Crippen molar-refractivity contribution in [3.63, 3.8) is 0 Å². The molecule has 0 atom stereocenters. The van der Waals surface area contributed by atoms with Gasteiger partial charge in [0.25, 0.3) is 5.91 Å². The van der Waals surface area contributed by atoms with Gasteiger partial charge in [0.1, 0.15) is 5.51 Å². The average Bonchev–Trinajstić information content (AvgIpc) is 2.96. The number of carbonyl (C=O) groups excluding carboxylic acids is 1. The van der Waals surface area contributed by atoms with Crippen LogP contribution in [0.15, 0.2) is 36.0 Å². The lowest BCUT2D eigenvalue weighted by Gasteiger charge is -1.98. The molecule has 0 unspecified atom stereocenters. The van der Waals surface area contributed by atoms with Crippen molar-refractivity contribution in [3.8, 4) is 0 Å². The first-order valence-corrected chi connectivity index (χ1v) is 5.86. The summed E-state index contributed by atoms with van der Waals surface area (Å²) in [7, 11) is 0. The quantitative estimate of drug-likeness (QED) is 0.726. The highest BCUT2D eigenvalue weighted by Gasteiger charge is 2.12. The molecule has 5 nitrogen and oxygen atoms in total. The molecule has 84 valence electrons. The van der Waals surface area contributed by atoms with Gasteiger partial charge in [-0.25, -0.2) is 0 Å². The molecule has 3 aromatic rings. The second-order valence-corrected chi connectivity index (χ2v) is 4.28. The third-order valence-corrected chi connectivity index (χ3v) is 3.02. The molecule has 0 radical (unpaired) electrons. The van der Waals surface area contributed by atoms with Gasteiger partial charge in [-0.05, 0) is 6.07 Å². The lowest BCUT2D eigenvalue weighted by atomic mass is 10.2. The Bertz CT molecular complexity index is 659.